The van der Waals surface area contributed by atoms with E-state index in [9.17, 15) is 39.6 Å². The minimum absolute atomic E-state index is 0.0962. The fourth-order valence-electron chi connectivity index (χ4n) is 4.95. The van der Waals surface area contributed by atoms with Crippen LogP contribution in [0, 0.1) is 0 Å². The van der Waals surface area contributed by atoms with Gasteiger partial charge in [-0.25, -0.2) is 19.1 Å². The van der Waals surface area contributed by atoms with Crippen LogP contribution >= 0.6 is 26.9 Å². The van der Waals surface area contributed by atoms with Crippen LogP contribution in [0.5, 0.6) is 0 Å². The number of aromatic nitrogens is 2. The Bertz CT molecular complexity index is 1270. The molecule has 0 aromatic carbocycles. The van der Waals surface area contributed by atoms with E-state index in [1.54, 1.807) is 19.0 Å². The lowest BCUT2D eigenvalue weighted by Crippen LogP contribution is -2.61. The van der Waals surface area contributed by atoms with Crippen LogP contribution in [0.1, 0.15) is 5.69 Å². The summed E-state index contributed by atoms with van der Waals surface area (Å²) in [7, 11) is -2.19. The Balaban J connectivity index is 1.46. The molecular weight excluding hydrogens is 628 g/mol. The first-order valence-electron chi connectivity index (χ1n) is 12.3. The van der Waals surface area contributed by atoms with Crippen molar-refractivity contribution in [1.82, 2.24) is 14.9 Å². The Labute approximate surface area is 244 Å². The maximum Gasteiger partial charge on any atom is 0.482 e. The normalized spacial score (nSPS) is 38.1. The van der Waals surface area contributed by atoms with Crippen LogP contribution in [0.25, 0.3) is 0 Å². The lowest BCUT2D eigenvalue weighted by Gasteiger charge is -2.41. The first-order chi connectivity index (χ1) is 19.5. The van der Waals surface area contributed by atoms with Crippen molar-refractivity contribution in [2.24, 2.45) is 0 Å². The SMILES string of the molecule is CN(C)[C@H]1[C@@H](O)C2(C=CNc3c(N)ncnc32)O[C@@H]1COP(=O)(S)OP(=O)(O)OC1OC([C@@H](O)CO)C(O)C(O)C1O. The van der Waals surface area contributed by atoms with Gasteiger partial charge in [0.05, 0.1) is 19.3 Å². The number of nitrogens with one attached hydrogen (secondary N) is 1. The first kappa shape index (κ1) is 33.6. The van der Waals surface area contributed by atoms with Gasteiger partial charge in [0.15, 0.2) is 17.7 Å². The Morgan fingerprint density at radius 1 is 1.21 bits per heavy atom. The molecule has 3 aliphatic heterocycles. The predicted octanol–water partition coefficient (Wildman–Crippen LogP) is -2.77. The number of hydrogen-bond donors (Lipinski definition) is 10. The molecule has 238 valence electrons. The van der Waals surface area contributed by atoms with Gasteiger partial charge >= 0.3 is 14.6 Å². The van der Waals surface area contributed by atoms with Gasteiger partial charge in [-0.15, -0.1) is 0 Å². The second-order valence-electron chi connectivity index (χ2n) is 9.92. The number of phosphoric ester groups is 1. The lowest BCUT2D eigenvalue weighted by molar-refractivity contribution is -0.292. The van der Waals surface area contributed by atoms with Crippen molar-refractivity contribution in [3.8, 4) is 0 Å². The van der Waals surface area contributed by atoms with E-state index < -0.39 is 88.5 Å². The molecule has 8 unspecified atom stereocenters. The molecule has 0 bridgehead atoms. The summed E-state index contributed by atoms with van der Waals surface area (Å²) in [4.78, 5) is 19.9. The van der Waals surface area contributed by atoms with Gasteiger partial charge in [0.25, 0.3) is 0 Å². The number of rotatable bonds is 10. The van der Waals surface area contributed by atoms with Gasteiger partial charge in [0.2, 0.25) is 0 Å². The lowest BCUT2D eigenvalue weighted by atomic mass is 9.86. The van der Waals surface area contributed by atoms with Gasteiger partial charge in [-0.3, -0.25) is 9.05 Å². The zero-order valence-corrected chi connectivity index (χ0v) is 24.8. The molecule has 22 heteroatoms. The van der Waals surface area contributed by atoms with E-state index in [1.165, 1.54) is 18.6 Å². The molecule has 0 amide bonds. The third-order valence-corrected chi connectivity index (χ3v) is 10.5. The van der Waals surface area contributed by atoms with Crippen LogP contribution in [0.3, 0.4) is 0 Å². The zero-order chi connectivity index (χ0) is 31.2. The molecular formula is C20H33N5O14P2S. The molecule has 12 atom stereocenters. The number of anilines is 2. The molecule has 2 saturated heterocycles. The smallest absolute Gasteiger partial charge is 0.394 e. The molecule has 0 aliphatic carbocycles. The number of nitrogens with two attached hydrogens (primary N) is 1. The quantitative estimate of drug-likeness (QED) is 0.0897. The van der Waals surface area contributed by atoms with E-state index in [2.05, 4.69) is 36.4 Å². The molecule has 1 spiro atoms. The highest BCUT2D eigenvalue weighted by molar-refractivity contribution is 8.45. The average molecular weight is 662 g/mol. The van der Waals surface area contributed by atoms with Crippen LogP contribution in [0.4, 0.5) is 11.5 Å². The first-order valence-corrected chi connectivity index (χ1v) is 16.5. The number of thiol groups is 1. The van der Waals surface area contributed by atoms with E-state index in [0.717, 1.165) is 0 Å². The van der Waals surface area contributed by atoms with Gasteiger partial charge in [-0.1, -0.05) is 12.2 Å². The Morgan fingerprint density at radius 2 is 1.90 bits per heavy atom. The summed E-state index contributed by atoms with van der Waals surface area (Å²) >= 11 is 3.71. The highest BCUT2D eigenvalue weighted by Crippen LogP contribution is 2.66. The number of aliphatic hydroxyl groups excluding tert-OH is 6. The van der Waals surface area contributed by atoms with Crippen LogP contribution in [-0.2, 0) is 37.6 Å². The van der Waals surface area contributed by atoms with Gasteiger partial charge < -0.3 is 61.0 Å². The van der Waals surface area contributed by atoms with Crippen LogP contribution in [0.15, 0.2) is 18.6 Å². The number of hydrogen-bond acceptors (Lipinski definition) is 18. The maximum atomic E-state index is 13.0. The molecule has 1 aromatic rings. The third kappa shape index (κ3) is 6.54. The summed E-state index contributed by atoms with van der Waals surface area (Å²) in [5.74, 6) is 0.0962. The molecule has 2 fully saturated rings. The Hall–Kier alpha value is -1.29. The van der Waals surface area contributed by atoms with Gasteiger partial charge in [0, 0.05) is 6.20 Å². The van der Waals surface area contributed by atoms with Crippen molar-refractivity contribution < 1.29 is 67.5 Å². The number of nitrogens with zero attached hydrogens (tertiary/aromatic N) is 3. The van der Waals surface area contributed by atoms with E-state index in [1.807, 2.05) is 0 Å². The van der Waals surface area contributed by atoms with Crippen LogP contribution < -0.4 is 11.1 Å². The van der Waals surface area contributed by atoms with Crippen molar-refractivity contribution >= 4 is 38.4 Å². The van der Waals surface area contributed by atoms with Crippen molar-refractivity contribution in [2.45, 2.75) is 60.7 Å². The summed E-state index contributed by atoms with van der Waals surface area (Å²) in [6.45, 7) is -6.30. The van der Waals surface area contributed by atoms with Crippen LogP contribution in [0.2, 0.25) is 0 Å². The molecule has 10 N–H and O–H groups in total. The molecule has 3 aliphatic rings. The standard InChI is InChI=1S/C20H33N5O14P2S/c1-25(2)11-9(37-20(17(11)31)3-4-22-10-16(20)23-7-24-18(10)21)6-35-41(34,42)39-40(32,33)38-19-14(30)12(28)13(29)15(36-19)8(27)5-26/h3-4,7-9,11-15,17,19,22,26-31H,5-6H2,1-2H3,(H,32,33)(H,34,42)(H2,21,23,24)/t8-,9+,11+,12?,13?,14?,15?,17+,19?,20?,41?/m0/s1. The number of fused-ring (bicyclic) bond motifs is 2. The van der Waals surface area contributed by atoms with E-state index in [-0.39, 0.29) is 11.5 Å². The zero-order valence-electron chi connectivity index (χ0n) is 22.1. The average Bonchev–Trinajstić information content (AvgIpc) is 3.19. The number of phosphoric acid groups is 1. The summed E-state index contributed by atoms with van der Waals surface area (Å²) in [6, 6.07) is -0.809. The number of likely N-dealkylation sites (N-methyl/N-ethyl adjacent to an activating group) is 1. The summed E-state index contributed by atoms with van der Waals surface area (Å²) in [6.07, 6.45) is -9.91. The maximum absolute atomic E-state index is 13.0. The number of nitrogen functional groups attached to an aromatic ring is 1. The molecule has 42 heavy (non-hydrogen) atoms. The number of aliphatic hydroxyl groups is 6. The minimum Gasteiger partial charge on any atom is -0.394 e. The largest absolute Gasteiger partial charge is 0.482 e. The van der Waals surface area contributed by atoms with Gasteiger partial charge in [-0.05, 0) is 20.2 Å². The predicted molar refractivity (Wildman–Crippen MR) is 144 cm³/mol. The van der Waals surface area contributed by atoms with E-state index in [4.69, 9.17) is 24.8 Å². The van der Waals surface area contributed by atoms with E-state index >= 15 is 0 Å². The van der Waals surface area contributed by atoms with Crippen molar-refractivity contribution in [2.75, 3.05) is 38.4 Å². The third-order valence-electron chi connectivity index (χ3n) is 6.91. The minimum atomic E-state index is -5.46. The van der Waals surface area contributed by atoms with E-state index in [0.29, 0.717) is 5.69 Å². The highest BCUT2D eigenvalue weighted by atomic mass is 32.7. The van der Waals surface area contributed by atoms with Crippen LogP contribution in [-0.4, -0.2) is 133 Å². The van der Waals surface area contributed by atoms with Crippen molar-refractivity contribution in [3.63, 3.8) is 0 Å². The molecule has 0 saturated carbocycles. The summed E-state index contributed by atoms with van der Waals surface area (Å²) in [5.41, 5.74) is 4.93. The molecule has 1 aromatic heterocycles. The topological polar surface area (TPSA) is 289 Å². The second kappa shape index (κ2) is 12.6. The molecule has 4 heterocycles. The molecule has 0 radical (unpaired) electrons. The molecule has 19 nitrogen and oxygen atoms in total. The summed E-state index contributed by atoms with van der Waals surface area (Å²) in [5, 5.41) is 63.3. The second-order valence-corrected chi connectivity index (χ2v) is 14.4. The fraction of sp³-hybridized carbons (Fsp3) is 0.700. The number of ether oxygens (including phenoxy) is 2. The Kier molecular flexibility index (Phi) is 10.1. The van der Waals surface area contributed by atoms with Gasteiger partial charge in [-0.2, -0.15) is 4.31 Å². The molecule has 4 rings (SSSR count). The fourth-order valence-corrected chi connectivity index (χ4v) is 8.14. The van der Waals surface area contributed by atoms with Crippen molar-refractivity contribution in [1.29, 1.82) is 0 Å². The highest BCUT2D eigenvalue weighted by Gasteiger charge is 2.58. The van der Waals surface area contributed by atoms with Crippen molar-refractivity contribution in [3.05, 3.63) is 24.3 Å². The summed E-state index contributed by atoms with van der Waals surface area (Å²) < 4.78 is 51.3. The monoisotopic (exact) mass is 661 g/mol. The van der Waals surface area contributed by atoms with Gasteiger partial charge in [0.1, 0.15) is 60.4 Å². The Morgan fingerprint density at radius 3 is 2.55 bits per heavy atom.